The Kier molecular flexibility index (Phi) is 14.2. The molecule has 2 aliphatic heterocycles. The van der Waals surface area contributed by atoms with Gasteiger partial charge < -0.3 is 34.2 Å². The SMILES string of the molecule is O=C([O-])CC(OCCOCCN1CCN(C2=Nc3ccccc3Sc3ccccc32)CC1)C(=O)[O-].[Na+].[Na+]. The summed E-state index contributed by atoms with van der Waals surface area (Å²) in [5.41, 5.74) is 2.14. The minimum Gasteiger partial charge on any atom is -0.550 e. The van der Waals surface area contributed by atoms with Crippen molar-refractivity contribution in [2.75, 3.05) is 52.5 Å². The first-order chi connectivity index (χ1) is 17.0. The van der Waals surface area contributed by atoms with Crippen molar-refractivity contribution < 1.29 is 88.4 Å². The summed E-state index contributed by atoms with van der Waals surface area (Å²) in [6.45, 7) is 4.77. The molecule has 1 unspecified atom stereocenters. The number of ether oxygens (including phenoxy) is 2. The van der Waals surface area contributed by atoms with Crippen LogP contribution >= 0.6 is 11.8 Å². The van der Waals surface area contributed by atoms with Crippen LogP contribution in [0.2, 0.25) is 0 Å². The van der Waals surface area contributed by atoms with Crippen molar-refractivity contribution in [1.29, 1.82) is 0 Å². The number of carbonyl (C=O) groups excluding carboxylic acids is 2. The Balaban J connectivity index is 0.00000241. The van der Waals surface area contributed by atoms with E-state index in [4.69, 9.17) is 14.5 Å². The van der Waals surface area contributed by atoms with Crippen molar-refractivity contribution in [3.05, 3.63) is 54.1 Å². The van der Waals surface area contributed by atoms with E-state index in [-0.39, 0.29) is 72.3 Å². The molecule has 0 saturated carbocycles. The number of rotatable bonds is 10. The number of piperazine rings is 1. The van der Waals surface area contributed by atoms with Crippen LogP contribution in [0.5, 0.6) is 0 Å². The molecular weight excluding hydrogens is 516 g/mol. The van der Waals surface area contributed by atoms with Gasteiger partial charge in [-0.15, -0.1) is 0 Å². The molecule has 186 valence electrons. The van der Waals surface area contributed by atoms with Gasteiger partial charge in [-0.2, -0.15) is 0 Å². The molecule has 1 atom stereocenters. The van der Waals surface area contributed by atoms with Gasteiger partial charge in [0.15, 0.2) is 0 Å². The maximum atomic E-state index is 10.9. The summed E-state index contributed by atoms with van der Waals surface area (Å²) >= 11 is 1.75. The van der Waals surface area contributed by atoms with Crippen molar-refractivity contribution >= 4 is 35.2 Å². The minimum absolute atomic E-state index is 0. The van der Waals surface area contributed by atoms with Gasteiger partial charge in [0.2, 0.25) is 0 Å². The van der Waals surface area contributed by atoms with Gasteiger partial charge in [0.25, 0.3) is 0 Å². The van der Waals surface area contributed by atoms with E-state index < -0.39 is 24.5 Å². The van der Waals surface area contributed by atoms with Crippen LogP contribution in [0.4, 0.5) is 5.69 Å². The third-order valence-corrected chi connectivity index (χ3v) is 6.97. The van der Waals surface area contributed by atoms with Gasteiger partial charge in [-0.25, -0.2) is 4.99 Å². The van der Waals surface area contributed by atoms with Gasteiger partial charge in [0, 0.05) is 60.5 Å². The Morgan fingerprint density at radius 1 is 0.919 bits per heavy atom. The molecule has 0 aliphatic carbocycles. The standard InChI is InChI=1S/C25H29N3O6S.2Na/c29-23(30)17-20(25(31)32)34-16-15-33-14-13-27-9-11-28(12-10-27)24-18-5-1-3-7-21(18)35-22-8-4-2-6-19(22)26-24;;/h1-8,20H,9-17H2,(H,29,30)(H,31,32);;/q;2*+1/p-2. The number of hydrogen-bond acceptors (Lipinski definition) is 10. The van der Waals surface area contributed by atoms with Crippen LogP contribution in [-0.4, -0.2) is 86.2 Å². The van der Waals surface area contributed by atoms with Gasteiger partial charge in [0.05, 0.1) is 31.5 Å². The van der Waals surface area contributed by atoms with Crippen LogP contribution in [-0.2, 0) is 19.1 Å². The van der Waals surface area contributed by atoms with Crippen molar-refractivity contribution in [3.8, 4) is 0 Å². The Bertz CT molecular complexity index is 1080. The Morgan fingerprint density at radius 2 is 1.59 bits per heavy atom. The molecule has 0 N–H and O–H groups in total. The second kappa shape index (κ2) is 16.2. The predicted octanol–water partition coefficient (Wildman–Crippen LogP) is -5.85. The molecule has 37 heavy (non-hydrogen) atoms. The number of aliphatic carboxylic acids is 2. The summed E-state index contributed by atoms with van der Waals surface area (Å²) in [7, 11) is 0. The van der Waals surface area contributed by atoms with E-state index in [1.807, 2.05) is 12.1 Å². The van der Waals surface area contributed by atoms with Crippen LogP contribution in [0, 0.1) is 0 Å². The summed E-state index contributed by atoms with van der Waals surface area (Å²) in [4.78, 5) is 33.5. The first kappa shape index (κ1) is 32.3. The van der Waals surface area contributed by atoms with Crippen molar-refractivity contribution in [1.82, 2.24) is 9.80 Å². The second-order valence-electron chi connectivity index (χ2n) is 8.20. The fourth-order valence-corrected chi connectivity index (χ4v) is 5.02. The monoisotopic (exact) mass is 543 g/mol. The van der Waals surface area contributed by atoms with Crippen LogP contribution in [0.1, 0.15) is 12.0 Å². The largest absolute Gasteiger partial charge is 1.00 e. The summed E-state index contributed by atoms with van der Waals surface area (Å²) in [6, 6.07) is 16.6. The molecule has 0 amide bonds. The molecule has 2 aliphatic rings. The number of hydrogen-bond donors (Lipinski definition) is 0. The maximum Gasteiger partial charge on any atom is 1.00 e. The van der Waals surface area contributed by atoms with E-state index in [1.54, 1.807) is 11.8 Å². The van der Waals surface area contributed by atoms with Crippen molar-refractivity contribution in [2.45, 2.75) is 22.3 Å². The predicted molar refractivity (Wildman–Crippen MR) is 126 cm³/mol. The average Bonchev–Trinajstić information content (AvgIpc) is 3.02. The van der Waals surface area contributed by atoms with E-state index in [9.17, 15) is 19.8 Å². The number of aliphatic imine (C=N–C) groups is 1. The van der Waals surface area contributed by atoms with E-state index >= 15 is 0 Å². The Labute approximate surface area is 265 Å². The second-order valence-corrected chi connectivity index (χ2v) is 9.28. The van der Waals surface area contributed by atoms with Gasteiger partial charge in [-0.05, 0) is 18.2 Å². The first-order valence-corrected chi connectivity index (χ1v) is 12.4. The number of amidine groups is 1. The normalized spacial score (nSPS) is 15.7. The molecule has 0 bridgehead atoms. The number of nitrogens with zero attached hydrogens (tertiary/aromatic N) is 3. The Hall–Kier alpha value is -0.920. The maximum absolute atomic E-state index is 10.9. The zero-order valence-corrected chi connectivity index (χ0v) is 26.1. The molecule has 1 saturated heterocycles. The smallest absolute Gasteiger partial charge is 0.550 e. The van der Waals surface area contributed by atoms with E-state index in [0.29, 0.717) is 6.61 Å². The van der Waals surface area contributed by atoms with E-state index in [1.165, 1.54) is 4.90 Å². The van der Waals surface area contributed by atoms with Crippen molar-refractivity contribution in [3.63, 3.8) is 0 Å². The van der Waals surface area contributed by atoms with Crippen LogP contribution < -0.4 is 69.3 Å². The minimum atomic E-state index is -1.57. The van der Waals surface area contributed by atoms with Crippen LogP contribution in [0.3, 0.4) is 0 Å². The summed E-state index contributed by atoms with van der Waals surface area (Å²) in [5, 5.41) is 21.4. The number of carboxylic acid groups (broad SMARTS) is 2. The van der Waals surface area contributed by atoms with E-state index in [0.717, 1.165) is 54.7 Å². The van der Waals surface area contributed by atoms with Crippen LogP contribution in [0.25, 0.3) is 0 Å². The molecule has 0 spiro atoms. The molecule has 9 nitrogen and oxygen atoms in total. The zero-order chi connectivity index (χ0) is 24.6. The molecule has 12 heteroatoms. The van der Waals surface area contributed by atoms with E-state index in [2.05, 4.69) is 46.2 Å². The topological polar surface area (TPSA) is 118 Å². The van der Waals surface area contributed by atoms with Gasteiger partial charge >= 0.3 is 59.1 Å². The molecule has 2 heterocycles. The Morgan fingerprint density at radius 3 is 2.30 bits per heavy atom. The molecule has 0 radical (unpaired) electrons. The number of para-hydroxylation sites is 1. The van der Waals surface area contributed by atoms with Gasteiger partial charge in [-0.3, -0.25) is 4.90 Å². The number of fused-ring (bicyclic) bond motifs is 2. The van der Waals surface area contributed by atoms with Crippen LogP contribution in [0.15, 0.2) is 63.3 Å². The first-order valence-electron chi connectivity index (χ1n) is 11.5. The van der Waals surface area contributed by atoms with Gasteiger partial charge in [-0.1, -0.05) is 42.1 Å². The molecule has 4 rings (SSSR count). The van der Waals surface area contributed by atoms with Crippen molar-refractivity contribution in [2.24, 2.45) is 4.99 Å². The molecule has 0 aromatic heterocycles. The quantitative estimate of drug-likeness (QED) is 0.213. The molecule has 2 aromatic rings. The molecular formula is C25H27N3Na2O6S. The fourth-order valence-electron chi connectivity index (χ4n) is 4.00. The molecule has 2 aromatic carbocycles. The number of carbonyl (C=O) groups is 2. The summed E-state index contributed by atoms with van der Waals surface area (Å²) in [6.07, 6.45) is -2.27. The fraction of sp³-hybridized carbons (Fsp3) is 0.400. The average molecular weight is 544 g/mol. The summed E-state index contributed by atoms with van der Waals surface area (Å²) < 4.78 is 10.5. The number of benzene rings is 2. The molecule has 1 fully saturated rings. The van der Waals surface area contributed by atoms with Gasteiger partial charge in [0.1, 0.15) is 11.9 Å². The third-order valence-electron chi connectivity index (χ3n) is 5.82. The summed E-state index contributed by atoms with van der Waals surface area (Å²) in [5.74, 6) is -2.07. The zero-order valence-electron chi connectivity index (χ0n) is 21.3. The third kappa shape index (κ3) is 9.35. The number of carboxylic acids is 2.